The van der Waals surface area contributed by atoms with Gasteiger partial charge in [-0.25, -0.2) is 4.68 Å². The molecule has 7 heteroatoms. The van der Waals surface area contributed by atoms with Crippen LogP contribution in [0.2, 0.25) is 0 Å². The van der Waals surface area contributed by atoms with E-state index in [2.05, 4.69) is 25.6 Å². The first-order valence-electron chi connectivity index (χ1n) is 7.84. The van der Waals surface area contributed by atoms with Crippen molar-refractivity contribution in [2.45, 2.75) is 32.9 Å². The van der Waals surface area contributed by atoms with E-state index in [9.17, 15) is 0 Å². The summed E-state index contributed by atoms with van der Waals surface area (Å²) in [6.07, 6.45) is 5.21. The molecule has 0 bridgehead atoms. The lowest BCUT2D eigenvalue weighted by molar-refractivity contribution is 0.232. The molecule has 0 aliphatic carbocycles. The van der Waals surface area contributed by atoms with Crippen LogP contribution in [0, 0.1) is 0 Å². The maximum absolute atomic E-state index is 5.56. The van der Waals surface area contributed by atoms with Gasteiger partial charge in [-0.3, -0.25) is 4.98 Å². The number of hydrogen-bond donors (Lipinski definition) is 1. The van der Waals surface area contributed by atoms with E-state index in [1.54, 1.807) is 17.1 Å². The molecule has 1 atom stereocenters. The van der Waals surface area contributed by atoms with Crippen LogP contribution in [0.1, 0.15) is 32.5 Å². The van der Waals surface area contributed by atoms with E-state index in [1.807, 2.05) is 57.3 Å². The number of rotatable bonds is 6. The van der Waals surface area contributed by atoms with Gasteiger partial charge in [0.15, 0.2) is 0 Å². The van der Waals surface area contributed by atoms with Gasteiger partial charge in [0.25, 0.3) is 0 Å². The van der Waals surface area contributed by atoms with Gasteiger partial charge < -0.3 is 10.1 Å². The lowest BCUT2D eigenvalue weighted by Gasteiger charge is -2.13. The molecule has 7 nitrogen and oxygen atoms in total. The first-order chi connectivity index (χ1) is 11.6. The molecule has 0 fully saturated rings. The number of anilines is 1. The summed E-state index contributed by atoms with van der Waals surface area (Å²) in [4.78, 5) is 8.54. The normalized spacial score (nSPS) is 12.2. The highest BCUT2D eigenvalue weighted by atomic mass is 16.5. The Morgan fingerprint density at radius 3 is 2.62 bits per heavy atom. The maximum atomic E-state index is 5.56. The fourth-order valence-electron chi connectivity index (χ4n) is 2.19. The molecule has 0 radical (unpaired) electrons. The van der Waals surface area contributed by atoms with Gasteiger partial charge >= 0.3 is 0 Å². The summed E-state index contributed by atoms with van der Waals surface area (Å²) >= 11 is 0. The van der Waals surface area contributed by atoms with Gasteiger partial charge in [0, 0.05) is 0 Å². The van der Waals surface area contributed by atoms with E-state index >= 15 is 0 Å². The Labute approximate surface area is 140 Å². The average Bonchev–Trinajstić information content (AvgIpc) is 3.05. The van der Waals surface area contributed by atoms with Crippen LogP contribution in [0.5, 0.6) is 5.88 Å². The Hall–Kier alpha value is -2.96. The van der Waals surface area contributed by atoms with Crippen LogP contribution in [0.25, 0.3) is 5.69 Å². The Morgan fingerprint density at radius 2 is 1.88 bits per heavy atom. The van der Waals surface area contributed by atoms with Gasteiger partial charge in [0.2, 0.25) is 5.88 Å². The third-order valence-corrected chi connectivity index (χ3v) is 3.31. The third-order valence-electron chi connectivity index (χ3n) is 3.31. The second-order valence-corrected chi connectivity index (χ2v) is 5.70. The van der Waals surface area contributed by atoms with E-state index < -0.39 is 0 Å². The second-order valence-electron chi connectivity index (χ2n) is 5.70. The quantitative estimate of drug-likeness (QED) is 0.751. The van der Waals surface area contributed by atoms with E-state index in [1.165, 1.54) is 0 Å². The third kappa shape index (κ3) is 3.87. The van der Waals surface area contributed by atoms with Gasteiger partial charge in [0.1, 0.15) is 11.5 Å². The zero-order chi connectivity index (χ0) is 16.9. The summed E-state index contributed by atoms with van der Waals surface area (Å²) in [6.45, 7) is 5.90. The molecule has 2 heterocycles. The Bertz CT molecular complexity index is 787. The summed E-state index contributed by atoms with van der Waals surface area (Å²) < 4.78 is 7.31. The highest BCUT2D eigenvalue weighted by Crippen LogP contribution is 2.18. The van der Waals surface area contributed by atoms with Crippen molar-refractivity contribution in [3.8, 4) is 11.6 Å². The van der Waals surface area contributed by atoms with Gasteiger partial charge in [-0.15, -0.1) is 5.10 Å². The Balaban J connectivity index is 1.71. The summed E-state index contributed by atoms with van der Waals surface area (Å²) in [5.74, 6) is 1.13. The molecule has 24 heavy (non-hydrogen) atoms. The highest BCUT2D eigenvalue weighted by Gasteiger charge is 2.12. The van der Waals surface area contributed by atoms with E-state index in [-0.39, 0.29) is 12.1 Å². The monoisotopic (exact) mass is 324 g/mol. The highest BCUT2D eigenvalue weighted by molar-refractivity contribution is 5.36. The van der Waals surface area contributed by atoms with Gasteiger partial charge in [-0.05, 0) is 32.9 Å². The van der Waals surface area contributed by atoms with Crippen molar-refractivity contribution < 1.29 is 4.74 Å². The average molecular weight is 324 g/mol. The van der Waals surface area contributed by atoms with Crippen molar-refractivity contribution in [1.82, 2.24) is 25.0 Å². The summed E-state index contributed by atoms with van der Waals surface area (Å²) in [7, 11) is 0. The first-order valence-corrected chi connectivity index (χ1v) is 7.84. The standard InChI is InChI=1S/C17H20N6O/c1-12(2)24-17-10-18-9-16(20-17)19-13(3)15-11-23(22-21-15)14-7-5-4-6-8-14/h4-13H,1-3H3,(H,19,20). The Morgan fingerprint density at radius 1 is 1.08 bits per heavy atom. The molecular weight excluding hydrogens is 304 g/mol. The molecule has 124 valence electrons. The van der Waals surface area contributed by atoms with Crippen molar-refractivity contribution in [1.29, 1.82) is 0 Å². The van der Waals surface area contributed by atoms with Crippen molar-refractivity contribution in [3.63, 3.8) is 0 Å². The lowest BCUT2D eigenvalue weighted by atomic mass is 10.2. The molecule has 0 spiro atoms. The second kappa shape index (κ2) is 7.08. The molecule has 2 aromatic heterocycles. The van der Waals surface area contributed by atoms with Gasteiger partial charge in [-0.1, -0.05) is 23.4 Å². The molecule has 0 aliphatic heterocycles. The zero-order valence-electron chi connectivity index (χ0n) is 13.9. The zero-order valence-corrected chi connectivity index (χ0v) is 13.9. The van der Waals surface area contributed by atoms with Crippen molar-refractivity contribution in [2.24, 2.45) is 0 Å². The van der Waals surface area contributed by atoms with Crippen molar-refractivity contribution in [2.75, 3.05) is 5.32 Å². The van der Waals surface area contributed by atoms with Gasteiger partial charge in [0.05, 0.1) is 36.4 Å². The van der Waals surface area contributed by atoms with E-state index in [0.717, 1.165) is 11.4 Å². The van der Waals surface area contributed by atoms with Crippen LogP contribution in [0.4, 0.5) is 5.82 Å². The van der Waals surface area contributed by atoms with Crippen molar-refractivity contribution >= 4 is 5.82 Å². The summed E-state index contributed by atoms with van der Waals surface area (Å²) in [6, 6.07) is 9.80. The number of benzene rings is 1. The fourth-order valence-corrected chi connectivity index (χ4v) is 2.19. The first kappa shape index (κ1) is 15.9. The maximum Gasteiger partial charge on any atom is 0.234 e. The van der Waals surface area contributed by atoms with Gasteiger partial charge in [-0.2, -0.15) is 4.98 Å². The van der Waals surface area contributed by atoms with E-state index in [0.29, 0.717) is 11.7 Å². The number of hydrogen-bond acceptors (Lipinski definition) is 6. The predicted octanol–water partition coefficient (Wildman–Crippen LogP) is 3.02. The minimum Gasteiger partial charge on any atom is -0.474 e. The molecule has 0 aliphatic rings. The molecular formula is C17H20N6O. The minimum absolute atomic E-state index is 0.0535. The number of ether oxygens (including phenoxy) is 1. The van der Waals surface area contributed by atoms with Crippen molar-refractivity contribution in [3.05, 3.63) is 54.6 Å². The SMILES string of the molecule is CC(C)Oc1cncc(NC(C)c2cn(-c3ccccc3)nn2)n1. The fraction of sp³-hybridized carbons (Fsp3) is 0.294. The number of aromatic nitrogens is 5. The van der Waals surface area contributed by atoms with Crippen LogP contribution in [-0.2, 0) is 0 Å². The van der Waals surface area contributed by atoms with Crippen LogP contribution in [0.3, 0.4) is 0 Å². The minimum atomic E-state index is -0.0638. The molecule has 3 aromatic rings. The number of para-hydroxylation sites is 1. The molecule has 0 saturated heterocycles. The van der Waals surface area contributed by atoms with Crippen LogP contribution in [-0.4, -0.2) is 31.1 Å². The van der Waals surface area contributed by atoms with Crippen LogP contribution in [0.15, 0.2) is 48.9 Å². The molecule has 1 aromatic carbocycles. The molecule has 1 unspecified atom stereocenters. The summed E-state index contributed by atoms with van der Waals surface area (Å²) in [5, 5.41) is 11.7. The molecule has 0 amide bonds. The van der Waals surface area contributed by atoms with Crippen LogP contribution >= 0.6 is 0 Å². The molecule has 0 saturated carbocycles. The lowest BCUT2D eigenvalue weighted by Crippen LogP contribution is -2.11. The predicted molar refractivity (Wildman–Crippen MR) is 91.2 cm³/mol. The van der Waals surface area contributed by atoms with E-state index in [4.69, 9.17) is 4.74 Å². The molecule has 1 N–H and O–H groups in total. The number of nitrogens with one attached hydrogen (secondary N) is 1. The Kier molecular flexibility index (Phi) is 4.69. The molecule has 3 rings (SSSR count). The summed E-state index contributed by atoms with van der Waals surface area (Å²) in [5.41, 5.74) is 1.78. The largest absolute Gasteiger partial charge is 0.474 e. The number of nitrogens with zero attached hydrogens (tertiary/aromatic N) is 5. The topological polar surface area (TPSA) is 77.8 Å². The van der Waals surface area contributed by atoms with Crippen LogP contribution < -0.4 is 10.1 Å². The smallest absolute Gasteiger partial charge is 0.234 e.